The van der Waals surface area contributed by atoms with Crippen LogP contribution in [0.5, 0.6) is 0 Å². The Balaban J connectivity index is 1.45. The van der Waals surface area contributed by atoms with E-state index in [1.54, 1.807) is 0 Å². The third-order valence-electron chi connectivity index (χ3n) is 5.59. The van der Waals surface area contributed by atoms with Gasteiger partial charge < -0.3 is 9.30 Å². The number of imidazole rings is 1. The summed E-state index contributed by atoms with van der Waals surface area (Å²) in [7, 11) is 0. The molecule has 1 aliphatic heterocycles. The molecule has 29 heavy (non-hydrogen) atoms. The van der Waals surface area contributed by atoms with Crippen molar-refractivity contribution in [3.05, 3.63) is 90.8 Å². The molecule has 1 saturated heterocycles. The first-order valence-corrected chi connectivity index (χ1v) is 9.93. The third kappa shape index (κ3) is 3.71. The highest BCUT2D eigenvalue weighted by Gasteiger charge is 2.31. The first kappa shape index (κ1) is 17.8. The van der Waals surface area contributed by atoms with Crippen LogP contribution < -0.4 is 0 Å². The molecule has 0 unspecified atom stereocenters. The lowest BCUT2D eigenvalue weighted by atomic mass is 9.95. The minimum atomic E-state index is 0.262. The number of nitrogens with zero attached hydrogens (tertiary/aromatic N) is 5. The zero-order valence-corrected chi connectivity index (χ0v) is 16.1. The Kier molecular flexibility index (Phi) is 4.92. The highest BCUT2D eigenvalue weighted by Crippen LogP contribution is 2.33. The van der Waals surface area contributed by atoms with Gasteiger partial charge in [-0.2, -0.15) is 5.10 Å². The fourth-order valence-corrected chi connectivity index (χ4v) is 4.15. The highest BCUT2D eigenvalue weighted by atomic mass is 16.5. The van der Waals surface area contributed by atoms with Gasteiger partial charge in [0.25, 0.3) is 0 Å². The van der Waals surface area contributed by atoms with E-state index in [1.165, 1.54) is 11.1 Å². The van der Waals surface area contributed by atoms with Gasteiger partial charge in [-0.3, -0.25) is 9.67 Å². The smallest absolute Gasteiger partial charge is 0.140 e. The molecule has 146 valence electrons. The molecule has 0 aliphatic carbocycles. The zero-order valence-electron chi connectivity index (χ0n) is 16.1. The van der Waals surface area contributed by atoms with Crippen molar-refractivity contribution in [2.24, 2.45) is 5.92 Å². The molecule has 4 heterocycles. The topological polar surface area (TPSA) is 57.8 Å². The van der Waals surface area contributed by atoms with E-state index in [9.17, 15) is 0 Å². The average Bonchev–Trinajstić information content (AvgIpc) is 3.51. The molecular formula is C23H23N5O. The van der Waals surface area contributed by atoms with Crippen molar-refractivity contribution < 1.29 is 4.74 Å². The fourth-order valence-electron chi connectivity index (χ4n) is 4.15. The van der Waals surface area contributed by atoms with Crippen LogP contribution in [-0.2, 0) is 17.7 Å². The summed E-state index contributed by atoms with van der Waals surface area (Å²) in [5, 5.41) is 4.36. The van der Waals surface area contributed by atoms with E-state index in [2.05, 4.69) is 57.2 Å². The van der Waals surface area contributed by atoms with Crippen molar-refractivity contribution in [1.29, 1.82) is 0 Å². The van der Waals surface area contributed by atoms with Gasteiger partial charge in [-0.1, -0.05) is 24.3 Å². The van der Waals surface area contributed by atoms with Crippen LogP contribution in [0.1, 0.15) is 17.2 Å². The molecule has 6 nitrogen and oxygen atoms in total. The Morgan fingerprint density at radius 3 is 2.69 bits per heavy atom. The van der Waals surface area contributed by atoms with Crippen LogP contribution in [-0.4, -0.2) is 37.5 Å². The van der Waals surface area contributed by atoms with Crippen molar-refractivity contribution in [2.75, 3.05) is 13.2 Å². The van der Waals surface area contributed by atoms with E-state index in [0.717, 1.165) is 31.0 Å². The normalized spacial score (nSPS) is 18.9. The van der Waals surface area contributed by atoms with E-state index < -0.39 is 0 Å². The molecule has 2 atom stereocenters. The van der Waals surface area contributed by atoms with Crippen LogP contribution >= 0.6 is 0 Å². The van der Waals surface area contributed by atoms with Crippen LogP contribution in [0.3, 0.4) is 0 Å². The molecule has 0 N–H and O–H groups in total. The van der Waals surface area contributed by atoms with E-state index in [1.807, 2.05) is 41.7 Å². The monoisotopic (exact) mass is 385 g/mol. The van der Waals surface area contributed by atoms with Crippen LogP contribution in [0.4, 0.5) is 0 Å². The van der Waals surface area contributed by atoms with E-state index in [0.29, 0.717) is 12.5 Å². The van der Waals surface area contributed by atoms with E-state index in [-0.39, 0.29) is 6.04 Å². The molecule has 0 spiro atoms. The van der Waals surface area contributed by atoms with Gasteiger partial charge in [0.1, 0.15) is 5.82 Å². The molecule has 6 heteroatoms. The largest absolute Gasteiger partial charge is 0.379 e. The predicted molar refractivity (Wildman–Crippen MR) is 110 cm³/mol. The minimum Gasteiger partial charge on any atom is -0.379 e. The van der Waals surface area contributed by atoms with Gasteiger partial charge in [0.15, 0.2) is 0 Å². The lowest BCUT2D eigenvalue weighted by molar-refractivity contribution is 0.181. The number of hydrogen-bond donors (Lipinski definition) is 0. The van der Waals surface area contributed by atoms with Crippen molar-refractivity contribution in [1.82, 2.24) is 24.3 Å². The summed E-state index contributed by atoms with van der Waals surface area (Å²) >= 11 is 0. The maximum Gasteiger partial charge on any atom is 0.140 e. The van der Waals surface area contributed by atoms with E-state index >= 15 is 0 Å². The van der Waals surface area contributed by atoms with Gasteiger partial charge in [-0.15, -0.1) is 0 Å². The molecule has 0 saturated carbocycles. The second-order valence-electron chi connectivity index (χ2n) is 7.44. The number of aromatic nitrogens is 5. The molecular weight excluding hydrogens is 362 g/mol. The van der Waals surface area contributed by atoms with Crippen molar-refractivity contribution >= 4 is 0 Å². The number of hydrogen-bond acceptors (Lipinski definition) is 4. The first-order chi connectivity index (χ1) is 14.4. The molecule has 1 fully saturated rings. The summed E-state index contributed by atoms with van der Waals surface area (Å²) in [4.78, 5) is 8.86. The van der Waals surface area contributed by atoms with Crippen molar-refractivity contribution in [3.8, 4) is 11.4 Å². The minimum absolute atomic E-state index is 0.262. The number of benzene rings is 1. The Labute approximate surface area is 169 Å². The molecule has 1 aromatic carbocycles. The number of pyridine rings is 1. The van der Waals surface area contributed by atoms with Gasteiger partial charge in [0, 0.05) is 48.7 Å². The third-order valence-corrected chi connectivity index (χ3v) is 5.59. The molecule has 0 amide bonds. The second-order valence-corrected chi connectivity index (χ2v) is 7.44. The second kappa shape index (κ2) is 8.01. The van der Waals surface area contributed by atoms with Crippen molar-refractivity contribution in [3.63, 3.8) is 0 Å². The lowest BCUT2D eigenvalue weighted by Crippen LogP contribution is -2.20. The number of rotatable bonds is 6. The Bertz CT molecular complexity index is 1060. The van der Waals surface area contributed by atoms with Gasteiger partial charge >= 0.3 is 0 Å². The van der Waals surface area contributed by atoms with Gasteiger partial charge in [-0.25, -0.2) is 4.98 Å². The Morgan fingerprint density at radius 2 is 1.83 bits per heavy atom. The summed E-state index contributed by atoms with van der Waals surface area (Å²) in [6.07, 6.45) is 12.4. The number of ether oxygens (including phenoxy) is 1. The average molecular weight is 385 g/mol. The summed E-state index contributed by atoms with van der Waals surface area (Å²) < 4.78 is 10.1. The first-order valence-electron chi connectivity index (χ1n) is 9.93. The Morgan fingerprint density at radius 1 is 0.931 bits per heavy atom. The van der Waals surface area contributed by atoms with Gasteiger partial charge in [0.2, 0.25) is 0 Å². The summed E-state index contributed by atoms with van der Waals surface area (Å²) in [6.45, 7) is 2.19. The SMILES string of the molecule is c1ccc(-c2nccn2[C@@H]2COC[C@@H]2Cc2ccncc2)c(Cn2cccn2)c1. The molecule has 1 aliphatic rings. The van der Waals surface area contributed by atoms with Crippen LogP contribution in [0, 0.1) is 5.92 Å². The lowest BCUT2D eigenvalue weighted by Gasteiger charge is -2.22. The molecule has 5 rings (SSSR count). The molecule has 0 radical (unpaired) electrons. The van der Waals surface area contributed by atoms with Gasteiger partial charge in [0.05, 0.1) is 25.8 Å². The maximum atomic E-state index is 5.89. The van der Waals surface area contributed by atoms with Crippen LogP contribution in [0.25, 0.3) is 11.4 Å². The molecule has 0 bridgehead atoms. The van der Waals surface area contributed by atoms with Crippen LogP contribution in [0.15, 0.2) is 79.6 Å². The molecule has 3 aromatic heterocycles. The van der Waals surface area contributed by atoms with E-state index in [4.69, 9.17) is 9.72 Å². The highest BCUT2D eigenvalue weighted by molar-refractivity contribution is 5.61. The standard InChI is InChI=1S/C23H23N5O/c1-2-5-21(19(4-1)15-27-12-3-8-26-27)23-25-11-13-28(23)22-17-29-16-20(22)14-18-6-9-24-10-7-18/h1-13,20,22H,14-17H2/t20-,22+/m0/s1. The summed E-state index contributed by atoms with van der Waals surface area (Å²) in [5.74, 6) is 1.40. The van der Waals surface area contributed by atoms with Gasteiger partial charge in [-0.05, 0) is 35.7 Å². The predicted octanol–water partition coefficient (Wildman–Crippen LogP) is 3.62. The maximum absolute atomic E-state index is 5.89. The summed E-state index contributed by atoms with van der Waals surface area (Å²) in [5.41, 5.74) is 3.64. The fraction of sp³-hybridized carbons (Fsp3) is 0.261. The Hall–Kier alpha value is -3.25. The summed E-state index contributed by atoms with van der Waals surface area (Å²) in [6, 6.07) is 14.8. The zero-order chi connectivity index (χ0) is 19.5. The van der Waals surface area contributed by atoms with Crippen LogP contribution in [0.2, 0.25) is 0 Å². The quantitative estimate of drug-likeness (QED) is 0.509. The van der Waals surface area contributed by atoms with Crippen molar-refractivity contribution in [2.45, 2.75) is 19.0 Å². The molecule has 4 aromatic rings.